The van der Waals surface area contributed by atoms with E-state index in [-0.39, 0.29) is 12.2 Å². The SMILES string of the molecule is CCn1ncc2cc(-c3cc(CCC(=O)O)ccc3OCCc3ccc(F)cc3)ccc21. The minimum Gasteiger partial charge on any atom is -0.493 e. The summed E-state index contributed by atoms with van der Waals surface area (Å²) < 4.78 is 21.2. The number of aromatic nitrogens is 2. The van der Waals surface area contributed by atoms with Crippen molar-refractivity contribution in [3.05, 3.63) is 83.8 Å². The molecule has 6 heteroatoms. The van der Waals surface area contributed by atoms with E-state index >= 15 is 0 Å². The summed E-state index contributed by atoms with van der Waals surface area (Å²) in [6, 6.07) is 18.4. The van der Waals surface area contributed by atoms with Gasteiger partial charge in [0.05, 0.1) is 18.3 Å². The van der Waals surface area contributed by atoms with Gasteiger partial charge in [0.15, 0.2) is 0 Å². The third-order valence-corrected chi connectivity index (χ3v) is 5.49. The molecule has 32 heavy (non-hydrogen) atoms. The first-order valence-electron chi connectivity index (χ1n) is 10.7. The Labute approximate surface area is 186 Å². The van der Waals surface area contributed by atoms with Gasteiger partial charge in [0.25, 0.3) is 0 Å². The Kier molecular flexibility index (Phi) is 6.50. The van der Waals surface area contributed by atoms with Gasteiger partial charge < -0.3 is 9.84 Å². The first-order valence-corrected chi connectivity index (χ1v) is 10.7. The summed E-state index contributed by atoms with van der Waals surface area (Å²) in [6.07, 6.45) is 3.04. The second-order valence-corrected chi connectivity index (χ2v) is 7.68. The van der Waals surface area contributed by atoms with Crippen molar-refractivity contribution in [1.29, 1.82) is 0 Å². The normalized spacial score (nSPS) is 11.1. The average molecular weight is 432 g/mol. The predicted octanol–water partition coefficient (Wildman–Crippen LogP) is 5.50. The molecule has 3 aromatic carbocycles. The van der Waals surface area contributed by atoms with E-state index in [1.807, 2.05) is 41.2 Å². The Morgan fingerprint density at radius 1 is 1.03 bits per heavy atom. The zero-order valence-corrected chi connectivity index (χ0v) is 17.9. The van der Waals surface area contributed by atoms with Crippen LogP contribution in [0.5, 0.6) is 5.75 Å². The molecule has 0 aliphatic heterocycles. The van der Waals surface area contributed by atoms with E-state index in [1.165, 1.54) is 12.1 Å². The van der Waals surface area contributed by atoms with Crippen molar-refractivity contribution in [1.82, 2.24) is 9.78 Å². The molecule has 0 spiro atoms. The molecule has 0 bridgehead atoms. The van der Waals surface area contributed by atoms with Crippen molar-refractivity contribution in [2.75, 3.05) is 6.61 Å². The average Bonchev–Trinajstić information content (AvgIpc) is 3.22. The summed E-state index contributed by atoms with van der Waals surface area (Å²) in [4.78, 5) is 11.0. The van der Waals surface area contributed by atoms with Crippen LogP contribution in [-0.2, 0) is 24.2 Å². The molecule has 1 N–H and O–H groups in total. The van der Waals surface area contributed by atoms with Crippen molar-refractivity contribution in [3.63, 3.8) is 0 Å². The Hall–Kier alpha value is -3.67. The molecule has 4 rings (SSSR count). The zero-order valence-electron chi connectivity index (χ0n) is 17.9. The Morgan fingerprint density at radius 3 is 2.56 bits per heavy atom. The lowest BCUT2D eigenvalue weighted by Gasteiger charge is -2.14. The van der Waals surface area contributed by atoms with E-state index in [4.69, 9.17) is 9.84 Å². The summed E-state index contributed by atoms with van der Waals surface area (Å²) in [5, 5.41) is 14.5. The Balaban J connectivity index is 1.61. The fourth-order valence-corrected chi connectivity index (χ4v) is 3.77. The maximum Gasteiger partial charge on any atom is 0.303 e. The molecule has 0 saturated carbocycles. The fourth-order valence-electron chi connectivity index (χ4n) is 3.77. The topological polar surface area (TPSA) is 64.4 Å². The van der Waals surface area contributed by atoms with Crippen molar-refractivity contribution in [2.45, 2.75) is 32.7 Å². The van der Waals surface area contributed by atoms with Crippen LogP contribution in [0.1, 0.15) is 24.5 Å². The number of benzene rings is 3. The predicted molar refractivity (Wildman–Crippen MR) is 122 cm³/mol. The lowest BCUT2D eigenvalue weighted by molar-refractivity contribution is -0.136. The van der Waals surface area contributed by atoms with Gasteiger partial charge >= 0.3 is 5.97 Å². The number of nitrogens with zero attached hydrogens (tertiary/aromatic N) is 2. The van der Waals surface area contributed by atoms with E-state index in [0.29, 0.717) is 19.4 Å². The van der Waals surface area contributed by atoms with Crippen LogP contribution in [0.4, 0.5) is 4.39 Å². The van der Waals surface area contributed by atoms with Crippen LogP contribution in [0.2, 0.25) is 0 Å². The van der Waals surface area contributed by atoms with Crippen LogP contribution in [-0.4, -0.2) is 27.5 Å². The summed E-state index contributed by atoms with van der Waals surface area (Å²) >= 11 is 0. The highest BCUT2D eigenvalue weighted by Gasteiger charge is 2.12. The molecule has 164 valence electrons. The second-order valence-electron chi connectivity index (χ2n) is 7.68. The van der Waals surface area contributed by atoms with Crippen LogP contribution < -0.4 is 4.74 Å². The number of aliphatic carboxylic acids is 1. The monoisotopic (exact) mass is 432 g/mol. The number of ether oxygens (including phenoxy) is 1. The first-order chi connectivity index (χ1) is 15.5. The molecule has 0 atom stereocenters. The lowest BCUT2D eigenvalue weighted by Crippen LogP contribution is -2.03. The van der Waals surface area contributed by atoms with Crippen molar-refractivity contribution >= 4 is 16.9 Å². The highest BCUT2D eigenvalue weighted by Crippen LogP contribution is 2.33. The van der Waals surface area contributed by atoms with Gasteiger partial charge in [0, 0.05) is 30.3 Å². The number of carbonyl (C=O) groups is 1. The van der Waals surface area contributed by atoms with Crippen LogP contribution in [0.15, 0.2) is 66.9 Å². The summed E-state index contributed by atoms with van der Waals surface area (Å²) in [5.41, 5.74) is 4.91. The summed E-state index contributed by atoms with van der Waals surface area (Å²) in [5.74, 6) is -0.344. The molecular weight excluding hydrogens is 407 g/mol. The molecule has 5 nitrogen and oxygen atoms in total. The Bertz CT molecular complexity index is 1230. The van der Waals surface area contributed by atoms with Gasteiger partial charge in [0.2, 0.25) is 0 Å². The molecule has 0 aliphatic carbocycles. The number of carboxylic acid groups (broad SMARTS) is 1. The molecule has 0 fully saturated rings. The molecular formula is C26H25FN2O3. The summed E-state index contributed by atoms with van der Waals surface area (Å²) in [6.45, 7) is 3.30. The van der Waals surface area contributed by atoms with Gasteiger partial charge in [-0.25, -0.2) is 4.39 Å². The highest BCUT2D eigenvalue weighted by molar-refractivity contribution is 5.86. The van der Waals surface area contributed by atoms with E-state index < -0.39 is 5.97 Å². The molecule has 0 unspecified atom stereocenters. The van der Waals surface area contributed by atoms with Gasteiger partial charge in [-0.15, -0.1) is 0 Å². The molecule has 0 amide bonds. The van der Waals surface area contributed by atoms with E-state index in [0.717, 1.165) is 45.5 Å². The smallest absolute Gasteiger partial charge is 0.303 e. The standard InChI is InChI=1S/C26H25FN2O3/c1-2-29-24-10-7-20(16-21(24)17-28-29)23-15-19(6-12-26(30)31)5-11-25(23)32-14-13-18-3-8-22(27)9-4-18/h3-5,7-11,15-17H,2,6,12-14H2,1H3,(H,30,31). The second kappa shape index (κ2) is 9.64. The van der Waals surface area contributed by atoms with Crippen LogP contribution in [0, 0.1) is 5.82 Å². The minimum absolute atomic E-state index is 0.0759. The third kappa shape index (κ3) is 4.97. The maximum atomic E-state index is 13.1. The Morgan fingerprint density at radius 2 is 1.81 bits per heavy atom. The largest absolute Gasteiger partial charge is 0.493 e. The van der Waals surface area contributed by atoms with E-state index in [2.05, 4.69) is 18.1 Å². The maximum absolute atomic E-state index is 13.1. The number of rotatable bonds is 9. The molecule has 0 radical (unpaired) electrons. The number of hydrogen-bond acceptors (Lipinski definition) is 3. The summed E-state index contributed by atoms with van der Waals surface area (Å²) in [7, 11) is 0. The molecule has 0 saturated heterocycles. The van der Waals surface area contributed by atoms with Gasteiger partial charge in [-0.05, 0) is 66.4 Å². The quantitative estimate of drug-likeness (QED) is 0.379. The third-order valence-electron chi connectivity index (χ3n) is 5.49. The molecule has 0 aliphatic rings. The minimum atomic E-state index is -0.820. The van der Waals surface area contributed by atoms with Crippen molar-refractivity contribution in [3.8, 4) is 16.9 Å². The van der Waals surface area contributed by atoms with Crippen LogP contribution in [0.25, 0.3) is 22.0 Å². The van der Waals surface area contributed by atoms with Crippen molar-refractivity contribution in [2.24, 2.45) is 0 Å². The van der Waals surface area contributed by atoms with Gasteiger partial charge in [-0.1, -0.05) is 24.3 Å². The lowest BCUT2D eigenvalue weighted by atomic mass is 9.99. The van der Waals surface area contributed by atoms with E-state index in [1.54, 1.807) is 12.1 Å². The van der Waals surface area contributed by atoms with Gasteiger partial charge in [-0.2, -0.15) is 5.10 Å². The van der Waals surface area contributed by atoms with E-state index in [9.17, 15) is 9.18 Å². The number of hydrogen-bond donors (Lipinski definition) is 1. The number of halogens is 1. The molecule has 1 heterocycles. The number of fused-ring (bicyclic) bond motifs is 1. The fraction of sp³-hybridized carbons (Fsp3) is 0.231. The zero-order chi connectivity index (χ0) is 22.5. The number of carboxylic acids is 1. The van der Waals surface area contributed by atoms with Crippen LogP contribution in [0.3, 0.4) is 0 Å². The van der Waals surface area contributed by atoms with Gasteiger partial charge in [-0.3, -0.25) is 9.48 Å². The first kappa shape index (κ1) is 21.6. The highest BCUT2D eigenvalue weighted by atomic mass is 19.1. The van der Waals surface area contributed by atoms with Crippen molar-refractivity contribution < 1.29 is 19.0 Å². The molecule has 4 aromatic rings. The van der Waals surface area contributed by atoms with Gasteiger partial charge in [0.1, 0.15) is 11.6 Å². The van der Waals surface area contributed by atoms with Crippen LogP contribution >= 0.6 is 0 Å². The molecule has 1 aromatic heterocycles. The number of aryl methyl sites for hydroxylation is 2.